The molecule has 0 fully saturated rings. The van der Waals surface area contributed by atoms with E-state index in [0.717, 1.165) is 0 Å². The summed E-state index contributed by atoms with van der Waals surface area (Å²) in [5, 5.41) is 11.2. The molecule has 0 radical (unpaired) electrons. The van der Waals surface area contributed by atoms with Crippen molar-refractivity contribution in [3.63, 3.8) is 0 Å². The smallest absolute Gasteiger partial charge is 0.263 e. The summed E-state index contributed by atoms with van der Waals surface area (Å²) in [5.74, 6) is 0. The molecule has 1 aliphatic carbocycles. The van der Waals surface area contributed by atoms with Crippen molar-refractivity contribution in [2.24, 2.45) is 0 Å². The van der Waals surface area contributed by atoms with Crippen molar-refractivity contribution in [3.8, 4) is 0 Å². The van der Waals surface area contributed by atoms with E-state index in [1.165, 1.54) is 0 Å². The van der Waals surface area contributed by atoms with Crippen LogP contribution in [-0.2, 0) is 5.54 Å². The molecule has 1 atom stereocenters. The summed E-state index contributed by atoms with van der Waals surface area (Å²) < 4.78 is 0. The average Bonchev–Trinajstić information content (AvgIpc) is 2.31. The lowest BCUT2D eigenvalue weighted by Gasteiger charge is -2.21. The van der Waals surface area contributed by atoms with Crippen LogP contribution in [0.25, 0.3) is 0 Å². The number of allylic oxidation sites excluding steroid dienone is 2. The molecule has 4 nitrogen and oxygen atoms in total. The van der Waals surface area contributed by atoms with Gasteiger partial charge in [-0.1, -0.05) is 24.3 Å². The van der Waals surface area contributed by atoms with Crippen LogP contribution in [0.2, 0.25) is 0 Å². The van der Waals surface area contributed by atoms with E-state index in [1.54, 1.807) is 42.6 Å². The van der Waals surface area contributed by atoms with Crippen molar-refractivity contribution in [2.45, 2.75) is 12.0 Å². The molecule has 2 rings (SSSR count). The maximum Gasteiger partial charge on any atom is 0.285 e. The summed E-state index contributed by atoms with van der Waals surface area (Å²) in [4.78, 5) is 14.9. The Bertz CT molecular complexity index is 425. The molecule has 1 unspecified atom stereocenters. The first kappa shape index (κ1) is 9.58. The normalized spacial score (nSPS) is 24.0. The van der Waals surface area contributed by atoms with E-state index in [1.807, 2.05) is 6.08 Å². The van der Waals surface area contributed by atoms with Crippen molar-refractivity contribution < 1.29 is 4.92 Å². The molecular formula is C11H10N2O2. The summed E-state index contributed by atoms with van der Waals surface area (Å²) in [6, 6.07) is 5.20. The van der Waals surface area contributed by atoms with Gasteiger partial charge in [0.1, 0.15) is 5.69 Å². The zero-order valence-corrected chi connectivity index (χ0v) is 8.04. The topological polar surface area (TPSA) is 56.0 Å². The van der Waals surface area contributed by atoms with Crippen molar-refractivity contribution in [1.29, 1.82) is 0 Å². The molecule has 0 N–H and O–H groups in total. The highest BCUT2D eigenvalue weighted by atomic mass is 16.6. The minimum absolute atomic E-state index is 0.282. The first-order valence-electron chi connectivity index (χ1n) is 4.66. The van der Waals surface area contributed by atoms with Crippen LogP contribution < -0.4 is 0 Å². The number of pyridine rings is 1. The van der Waals surface area contributed by atoms with Crippen LogP contribution in [0.3, 0.4) is 0 Å². The van der Waals surface area contributed by atoms with E-state index in [2.05, 4.69) is 4.98 Å². The van der Waals surface area contributed by atoms with Crippen LogP contribution in [0, 0.1) is 10.1 Å². The van der Waals surface area contributed by atoms with E-state index in [4.69, 9.17) is 0 Å². The molecule has 4 heteroatoms. The highest BCUT2D eigenvalue weighted by Crippen LogP contribution is 2.31. The fraction of sp³-hybridized carbons (Fsp3) is 0.182. The van der Waals surface area contributed by atoms with Gasteiger partial charge in [-0.05, 0) is 18.2 Å². The molecule has 0 amide bonds. The van der Waals surface area contributed by atoms with Crippen LogP contribution >= 0.6 is 0 Å². The summed E-state index contributed by atoms with van der Waals surface area (Å²) in [7, 11) is 0. The number of aromatic nitrogens is 1. The van der Waals surface area contributed by atoms with Crippen LogP contribution in [0.15, 0.2) is 48.7 Å². The van der Waals surface area contributed by atoms with E-state index in [-0.39, 0.29) is 4.92 Å². The third-order valence-electron chi connectivity index (χ3n) is 2.48. The van der Waals surface area contributed by atoms with Gasteiger partial charge in [0.25, 0.3) is 5.54 Å². The largest absolute Gasteiger partial charge is 0.285 e. The first-order valence-corrected chi connectivity index (χ1v) is 4.66. The molecule has 0 aliphatic heterocycles. The van der Waals surface area contributed by atoms with Crippen molar-refractivity contribution >= 4 is 0 Å². The van der Waals surface area contributed by atoms with Gasteiger partial charge in [0.05, 0.1) is 0 Å². The van der Waals surface area contributed by atoms with Crippen molar-refractivity contribution in [1.82, 2.24) is 4.98 Å². The second-order valence-corrected chi connectivity index (χ2v) is 3.39. The van der Waals surface area contributed by atoms with Crippen LogP contribution in [0.5, 0.6) is 0 Å². The molecule has 0 saturated heterocycles. The Morgan fingerprint density at radius 3 is 2.80 bits per heavy atom. The molecule has 0 spiro atoms. The number of nitro groups is 1. The zero-order valence-electron chi connectivity index (χ0n) is 8.04. The highest BCUT2D eigenvalue weighted by Gasteiger charge is 2.43. The molecule has 1 aliphatic rings. The summed E-state index contributed by atoms with van der Waals surface area (Å²) >= 11 is 0. The quantitative estimate of drug-likeness (QED) is 0.545. The standard InChI is InChI=1S/C11H10N2O2/c14-13(15)11(7-3-1-4-8-11)10-6-2-5-9-12-10/h1-7,9H,8H2. The fourth-order valence-corrected chi connectivity index (χ4v) is 1.65. The third kappa shape index (κ3) is 1.54. The Hall–Kier alpha value is -1.97. The van der Waals surface area contributed by atoms with Gasteiger partial charge in [0.15, 0.2) is 0 Å². The zero-order chi connectivity index (χ0) is 10.7. The summed E-state index contributed by atoms with van der Waals surface area (Å²) in [5.41, 5.74) is -0.702. The Morgan fingerprint density at radius 1 is 1.40 bits per heavy atom. The van der Waals surface area contributed by atoms with E-state index < -0.39 is 5.54 Å². The van der Waals surface area contributed by atoms with Gasteiger partial charge in [0.2, 0.25) is 0 Å². The van der Waals surface area contributed by atoms with Gasteiger partial charge < -0.3 is 0 Å². The predicted molar refractivity (Wildman–Crippen MR) is 55.8 cm³/mol. The highest BCUT2D eigenvalue weighted by molar-refractivity contribution is 5.27. The van der Waals surface area contributed by atoms with E-state index in [0.29, 0.717) is 12.1 Å². The van der Waals surface area contributed by atoms with Gasteiger partial charge in [-0.25, -0.2) is 0 Å². The first-order chi connectivity index (χ1) is 7.26. The lowest BCUT2D eigenvalue weighted by Crippen LogP contribution is -2.34. The van der Waals surface area contributed by atoms with Crippen LogP contribution in [0.4, 0.5) is 0 Å². The lowest BCUT2D eigenvalue weighted by atomic mass is 9.88. The minimum atomic E-state index is -1.18. The monoisotopic (exact) mass is 202 g/mol. The Balaban J connectivity index is 2.49. The maximum absolute atomic E-state index is 11.2. The molecular weight excluding hydrogens is 192 g/mol. The van der Waals surface area contributed by atoms with Crippen LogP contribution in [-0.4, -0.2) is 9.91 Å². The van der Waals surface area contributed by atoms with Gasteiger partial charge in [-0.2, -0.15) is 0 Å². The molecule has 1 heterocycles. The fourth-order valence-electron chi connectivity index (χ4n) is 1.65. The molecule has 0 bridgehead atoms. The van der Waals surface area contributed by atoms with E-state index in [9.17, 15) is 10.1 Å². The van der Waals surface area contributed by atoms with Gasteiger partial charge in [0, 0.05) is 17.5 Å². The number of hydrogen-bond donors (Lipinski definition) is 0. The number of nitrogens with zero attached hydrogens (tertiary/aromatic N) is 2. The lowest BCUT2D eigenvalue weighted by molar-refractivity contribution is -0.564. The molecule has 0 aromatic carbocycles. The Labute approximate surface area is 87.1 Å². The summed E-state index contributed by atoms with van der Waals surface area (Å²) in [6.45, 7) is 0. The Morgan fingerprint density at radius 2 is 2.27 bits per heavy atom. The molecule has 1 aromatic rings. The molecule has 15 heavy (non-hydrogen) atoms. The number of hydrogen-bond acceptors (Lipinski definition) is 3. The van der Waals surface area contributed by atoms with Gasteiger partial charge >= 0.3 is 0 Å². The van der Waals surface area contributed by atoms with Crippen LogP contribution in [0.1, 0.15) is 12.1 Å². The van der Waals surface area contributed by atoms with Gasteiger partial charge in [-0.15, -0.1) is 0 Å². The van der Waals surface area contributed by atoms with Crippen molar-refractivity contribution in [3.05, 3.63) is 64.5 Å². The predicted octanol–water partition coefficient (Wildman–Crippen LogP) is 2.07. The maximum atomic E-state index is 11.2. The summed E-state index contributed by atoms with van der Waals surface area (Å²) in [6.07, 6.45) is 8.82. The number of rotatable bonds is 2. The van der Waals surface area contributed by atoms with Crippen molar-refractivity contribution in [2.75, 3.05) is 0 Å². The van der Waals surface area contributed by atoms with Gasteiger partial charge in [-0.3, -0.25) is 15.1 Å². The molecule has 76 valence electrons. The Kier molecular flexibility index (Phi) is 2.33. The third-order valence-corrected chi connectivity index (χ3v) is 2.48. The molecule has 0 saturated carbocycles. The van der Waals surface area contributed by atoms with E-state index >= 15 is 0 Å². The second-order valence-electron chi connectivity index (χ2n) is 3.39. The second kappa shape index (κ2) is 3.65. The minimum Gasteiger partial charge on any atom is -0.263 e. The molecule has 1 aromatic heterocycles. The average molecular weight is 202 g/mol. The SMILES string of the molecule is O=[N+]([O-])C1(c2ccccn2)C=CC=CC1.